The summed E-state index contributed by atoms with van der Waals surface area (Å²) in [5.74, 6) is -0.588. The first kappa shape index (κ1) is 16.5. The van der Waals surface area contributed by atoms with Gasteiger partial charge in [0.15, 0.2) is 0 Å². The molecule has 0 aliphatic heterocycles. The number of hydrogen-bond acceptors (Lipinski definition) is 4. The Morgan fingerprint density at radius 3 is 2.86 bits per heavy atom. The molecular weight excluding hydrogens is 309 g/mol. The minimum atomic E-state index is -0.551. The number of nitrogens with zero attached hydrogens (tertiary/aromatic N) is 1. The summed E-state index contributed by atoms with van der Waals surface area (Å²) in [5.41, 5.74) is 0.393. The Hall–Kier alpha value is -1.92. The highest BCUT2D eigenvalue weighted by Crippen LogP contribution is 2.33. The van der Waals surface area contributed by atoms with E-state index in [-0.39, 0.29) is 27.8 Å². The molecule has 0 saturated carbocycles. The number of amides is 1. The van der Waals surface area contributed by atoms with Gasteiger partial charge in [0.25, 0.3) is 5.91 Å². The zero-order valence-electron chi connectivity index (χ0n) is 12.4. The smallest absolute Gasteiger partial charge is 0.257 e. The third-order valence-corrected chi connectivity index (χ3v) is 3.49. The molecule has 0 saturated heterocycles. The van der Waals surface area contributed by atoms with E-state index < -0.39 is 5.82 Å². The average Bonchev–Trinajstić information content (AvgIpc) is 2.85. The molecule has 22 heavy (non-hydrogen) atoms. The SMILES string of the molecule is CNCCCNC(=O)c1c(-c2c(F)cccc2Cl)noc1C. The Labute approximate surface area is 132 Å². The zero-order chi connectivity index (χ0) is 16.1. The molecule has 0 radical (unpaired) electrons. The molecule has 2 aromatic rings. The van der Waals surface area contributed by atoms with Gasteiger partial charge in [-0.05, 0) is 39.1 Å². The van der Waals surface area contributed by atoms with E-state index in [4.69, 9.17) is 16.1 Å². The molecule has 0 atom stereocenters. The van der Waals surface area contributed by atoms with Crippen molar-refractivity contribution in [2.45, 2.75) is 13.3 Å². The molecule has 0 aliphatic carbocycles. The summed E-state index contributed by atoms with van der Waals surface area (Å²) in [5, 5.41) is 9.73. The number of carbonyl (C=O) groups is 1. The van der Waals surface area contributed by atoms with E-state index in [2.05, 4.69) is 15.8 Å². The molecule has 1 aromatic carbocycles. The van der Waals surface area contributed by atoms with Gasteiger partial charge in [-0.25, -0.2) is 4.39 Å². The average molecular weight is 326 g/mol. The van der Waals surface area contributed by atoms with Crippen molar-refractivity contribution >= 4 is 17.5 Å². The predicted octanol–water partition coefficient (Wildman–Crippen LogP) is 2.78. The van der Waals surface area contributed by atoms with E-state index in [1.165, 1.54) is 12.1 Å². The molecular formula is C15H17ClFN3O2. The number of nitrogens with one attached hydrogen (secondary N) is 2. The fraction of sp³-hybridized carbons (Fsp3) is 0.333. The van der Waals surface area contributed by atoms with E-state index >= 15 is 0 Å². The number of aryl methyl sites for hydroxylation is 1. The molecule has 1 amide bonds. The van der Waals surface area contributed by atoms with Gasteiger partial charge < -0.3 is 15.2 Å². The van der Waals surface area contributed by atoms with Crippen LogP contribution in [0.1, 0.15) is 22.5 Å². The van der Waals surface area contributed by atoms with Gasteiger partial charge >= 0.3 is 0 Å². The molecule has 1 heterocycles. The van der Waals surface area contributed by atoms with Gasteiger partial charge in [0, 0.05) is 6.54 Å². The van der Waals surface area contributed by atoms with Gasteiger partial charge in [0.1, 0.15) is 22.8 Å². The van der Waals surface area contributed by atoms with E-state index in [1.807, 2.05) is 7.05 Å². The Morgan fingerprint density at radius 1 is 1.41 bits per heavy atom. The molecule has 2 N–H and O–H groups in total. The summed E-state index contributed by atoms with van der Waals surface area (Å²) in [6.45, 7) is 2.89. The van der Waals surface area contributed by atoms with Gasteiger partial charge in [-0.15, -0.1) is 0 Å². The highest BCUT2D eigenvalue weighted by molar-refractivity contribution is 6.33. The summed E-state index contributed by atoms with van der Waals surface area (Å²) < 4.78 is 19.1. The lowest BCUT2D eigenvalue weighted by atomic mass is 10.0. The quantitative estimate of drug-likeness (QED) is 0.801. The number of rotatable bonds is 6. The van der Waals surface area contributed by atoms with Crippen LogP contribution in [0.2, 0.25) is 5.02 Å². The van der Waals surface area contributed by atoms with Crippen molar-refractivity contribution in [3.63, 3.8) is 0 Å². The number of carbonyl (C=O) groups excluding carboxylic acids is 1. The highest BCUT2D eigenvalue weighted by Gasteiger charge is 2.25. The number of hydrogen-bond donors (Lipinski definition) is 2. The number of aromatic nitrogens is 1. The molecule has 2 rings (SSSR count). The van der Waals surface area contributed by atoms with Gasteiger partial charge in [-0.1, -0.05) is 22.8 Å². The van der Waals surface area contributed by atoms with Crippen molar-refractivity contribution < 1.29 is 13.7 Å². The normalized spacial score (nSPS) is 10.7. The van der Waals surface area contributed by atoms with E-state index in [1.54, 1.807) is 13.0 Å². The van der Waals surface area contributed by atoms with Crippen LogP contribution in [0, 0.1) is 12.7 Å². The van der Waals surface area contributed by atoms with Crippen molar-refractivity contribution in [2.75, 3.05) is 20.1 Å². The second-order valence-electron chi connectivity index (χ2n) is 4.77. The first-order chi connectivity index (χ1) is 10.6. The van der Waals surface area contributed by atoms with Crippen LogP contribution < -0.4 is 10.6 Å². The van der Waals surface area contributed by atoms with Crippen molar-refractivity contribution in [1.82, 2.24) is 15.8 Å². The monoisotopic (exact) mass is 325 g/mol. The van der Waals surface area contributed by atoms with E-state index in [0.29, 0.717) is 12.3 Å². The molecule has 118 valence electrons. The van der Waals surface area contributed by atoms with Gasteiger partial charge in [-0.2, -0.15) is 0 Å². The van der Waals surface area contributed by atoms with Crippen LogP contribution in [0.25, 0.3) is 11.3 Å². The molecule has 0 unspecified atom stereocenters. The van der Waals surface area contributed by atoms with Crippen molar-refractivity contribution in [1.29, 1.82) is 0 Å². The maximum atomic E-state index is 14.0. The van der Waals surface area contributed by atoms with Crippen LogP contribution in [-0.2, 0) is 0 Å². The third-order valence-electron chi connectivity index (χ3n) is 3.18. The summed E-state index contributed by atoms with van der Waals surface area (Å²) in [7, 11) is 1.84. The van der Waals surface area contributed by atoms with Crippen molar-refractivity contribution in [3.05, 3.63) is 40.4 Å². The van der Waals surface area contributed by atoms with Crippen LogP contribution in [0.15, 0.2) is 22.7 Å². The minimum absolute atomic E-state index is 0.0707. The first-order valence-electron chi connectivity index (χ1n) is 6.89. The maximum Gasteiger partial charge on any atom is 0.257 e. The van der Waals surface area contributed by atoms with Gasteiger partial charge in [0.2, 0.25) is 0 Å². The molecule has 5 nitrogen and oxygen atoms in total. The second kappa shape index (κ2) is 7.38. The summed E-state index contributed by atoms with van der Waals surface area (Å²) in [6, 6.07) is 4.30. The third kappa shape index (κ3) is 3.45. The van der Waals surface area contributed by atoms with Crippen LogP contribution >= 0.6 is 11.6 Å². The lowest BCUT2D eigenvalue weighted by Crippen LogP contribution is -2.27. The Morgan fingerprint density at radius 2 is 2.18 bits per heavy atom. The van der Waals surface area contributed by atoms with Crippen LogP contribution in [0.4, 0.5) is 4.39 Å². The fourth-order valence-electron chi connectivity index (χ4n) is 2.09. The molecule has 1 aromatic heterocycles. The zero-order valence-corrected chi connectivity index (χ0v) is 13.1. The topological polar surface area (TPSA) is 67.2 Å². The molecule has 7 heteroatoms. The molecule has 0 fully saturated rings. The Kier molecular flexibility index (Phi) is 5.51. The van der Waals surface area contributed by atoms with Gasteiger partial charge in [0.05, 0.1) is 10.6 Å². The standard InChI is InChI=1S/C15H17ClFN3O2/c1-9-12(15(21)19-8-4-7-18-2)14(20-22-9)13-10(16)5-3-6-11(13)17/h3,5-6,18H,4,7-8H2,1-2H3,(H,19,21). The van der Waals surface area contributed by atoms with Gasteiger partial charge in [-0.3, -0.25) is 4.79 Å². The lowest BCUT2D eigenvalue weighted by Gasteiger charge is -2.07. The maximum absolute atomic E-state index is 14.0. The first-order valence-corrected chi connectivity index (χ1v) is 7.27. The lowest BCUT2D eigenvalue weighted by molar-refractivity contribution is 0.0952. The van der Waals surface area contributed by atoms with Crippen LogP contribution in [-0.4, -0.2) is 31.2 Å². The fourth-order valence-corrected chi connectivity index (χ4v) is 2.34. The van der Waals surface area contributed by atoms with E-state index in [9.17, 15) is 9.18 Å². The highest BCUT2D eigenvalue weighted by atomic mass is 35.5. The predicted molar refractivity (Wildman–Crippen MR) is 82.5 cm³/mol. The molecule has 0 spiro atoms. The number of halogens is 2. The molecule has 0 bridgehead atoms. The van der Waals surface area contributed by atoms with Crippen LogP contribution in [0.5, 0.6) is 0 Å². The van der Waals surface area contributed by atoms with Crippen LogP contribution in [0.3, 0.4) is 0 Å². The van der Waals surface area contributed by atoms with Crippen molar-refractivity contribution in [3.8, 4) is 11.3 Å². The Bertz CT molecular complexity index is 653. The largest absolute Gasteiger partial charge is 0.360 e. The summed E-state index contributed by atoms with van der Waals surface area (Å²) in [6.07, 6.45) is 0.780. The molecule has 0 aliphatic rings. The minimum Gasteiger partial charge on any atom is -0.360 e. The van der Waals surface area contributed by atoms with Crippen molar-refractivity contribution in [2.24, 2.45) is 0 Å². The summed E-state index contributed by atoms with van der Waals surface area (Å²) >= 11 is 6.03. The Balaban J connectivity index is 2.30. The summed E-state index contributed by atoms with van der Waals surface area (Å²) in [4.78, 5) is 12.3. The second-order valence-corrected chi connectivity index (χ2v) is 5.18. The van der Waals surface area contributed by atoms with E-state index in [0.717, 1.165) is 13.0 Å². The number of benzene rings is 1.